The lowest BCUT2D eigenvalue weighted by molar-refractivity contribution is -0.167. The highest BCUT2D eigenvalue weighted by atomic mass is 35.5. The van der Waals surface area contributed by atoms with Gasteiger partial charge in [0.2, 0.25) is 5.95 Å². The molecule has 13 heteroatoms. The molecule has 12 nitrogen and oxygen atoms in total. The first kappa shape index (κ1) is 34.0. The van der Waals surface area contributed by atoms with Gasteiger partial charge in [-0.2, -0.15) is 4.98 Å². The maximum absolute atomic E-state index is 13.0. The van der Waals surface area contributed by atoms with E-state index in [-0.39, 0.29) is 47.4 Å². The van der Waals surface area contributed by atoms with Crippen LogP contribution in [0.25, 0.3) is 10.9 Å². The van der Waals surface area contributed by atoms with E-state index < -0.39 is 5.60 Å². The summed E-state index contributed by atoms with van der Waals surface area (Å²) in [7, 11) is 0. The number of hydrogen-bond acceptors (Lipinski definition) is 10. The number of nitrogens with zero attached hydrogens (tertiary/aromatic N) is 5. The van der Waals surface area contributed by atoms with Gasteiger partial charge in [0.1, 0.15) is 17.2 Å². The highest BCUT2D eigenvalue weighted by molar-refractivity contribution is 6.32. The molecular weight excluding hydrogens is 636 g/mol. The third kappa shape index (κ3) is 7.39. The molecule has 0 atom stereocenters. The number of Topliss-reactive ketones (excluding diaryl/α,β-unsaturated/α-hetero) is 1. The van der Waals surface area contributed by atoms with Crippen LogP contribution in [-0.4, -0.2) is 81.9 Å². The number of benzene rings is 1. The van der Waals surface area contributed by atoms with E-state index >= 15 is 0 Å². The zero-order chi connectivity index (χ0) is 34.2. The van der Waals surface area contributed by atoms with Crippen LogP contribution in [0, 0.1) is 5.41 Å². The third-order valence-electron chi connectivity index (χ3n) is 9.29. The van der Waals surface area contributed by atoms with Crippen LogP contribution in [0.3, 0.4) is 0 Å². The number of fused-ring (bicyclic) bond motifs is 1. The number of carbonyl (C=O) groups excluding carboxylic acids is 2. The van der Waals surface area contributed by atoms with E-state index in [0.29, 0.717) is 29.8 Å². The predicted molar refractivity (Wildman–Crippen MR) is 185 cm³/mol. The van der Waals surface area contributed by atoms with Gasteiger partial charge in [0.15, 0.2) is 17.4 Å². The van der Waals surface area contributed by atoms with Gasteiger partial charge in [-0.3, -0.25) is 9.59 Å². The number of nitrogens with one attached hydrogen (secondary N) is 1. The van der Waals surface area contributed by atoms with Crippen molar-refractivity contribution in [2.24, 2.45) is 5.41 Å². The molecule has 0 unspecified atom stereocenters. The van der Waals surface area contributed by atoms with Crippen LogP contribution >= 0.6 is 11.6 Å². The van der Waals surface area contributed by atoms with Crippen molar-refractivity contribution in [3.05, 3.63) is 45.8 Å². The van der Waals surface area contributed by atoms with Crippen LogP contribution in [0.2, 0.25) is 5.02 Å². The van der Waals surface area contributed by atoms with Crippen molar-refractivity contribution in [3.8, 4) is 5.75 Å². The van der Waals surface area contributed by atoms with Gasteiger partial charge in [-0.25, -0.2) is 9.78 Å². The van der Waals surface area contributed by atoms with Crippen molar-refractivity contribution in [1.29, 1.82) is 0 Å². The maximum Gasteiger partial charge on any atom is 0.410 e. The summed E-state index contributed by atoms with van der Waals surface area (Å²) in [6.45, 7) is 12.7. The number of aryl methyl sites for hydroxylation is 1. The normalized spacial score (nSPS) is 18.0. The Labute approximate surface area is 285 Å². The summed E-state index contributed by atoms with van der Waals surface area (Å²) < 4.78 is 19.2. The van der Waals surface area contributed by atoms with Crippen LogP contribution in [0.15, 0.2) is 35.3 Å². The SMILES string of the molecule is CCC(=O)COc1cc2cc(Nc3nc(N4CCC(OC5CC6(C5)CN(C(=O)OC(C)(C)C)C6)CC4)ncc3Cl)ccc2n(CC)c1=O. The third-order valence-corrected chi connectivity index (χ3v) is 9.57. The molecule has 6 rings (SSSR count). The summed E-state index contributed by atoms with van der Waals surface area (Å²) in [4.78, 5) is 50.3. The number of anilines is 3. The van der Waals surface area contributed by atoms with E-state index in [1.54, 1.807) is 28.7 Å². The Hall–Kier alpha value is -3.90. The van der Waals surface area contributed by atoms with Crippen molar-refractivity contribution in [2.45, 2.75) is 91.1 Å². The van der Waals surface area contributed by atoms with E-state index in [4.69, 9.17) is 30.8 Å². The quantitative estimate of drug-likeness (QED) is 0.274. The van der Waals surface area contributed by atoms with E-state index in [1.807, 2.05) is 45.9 Å². The van der Waals surface area contributed by atoms with Crippen LogP contribution in [0.5, 0.6) is 5.75 Å². The largest absolute Gasteiger partial charge is 0.480 e. The van der Waals surface area contributed by atoms with Gasteiger partial charge >= 0.3 is 6.09 Å². The van der Waals surface area contributed by atoms with Gasteiger partial charge in [-0.1, -0.05) is 18.5 Å². The van der Waals surface area contributed by atoms with Gasteiger partial charge in [0.05, 0.1) is 23.9 Å². The number of piperidine rings is 1. The van der Waals surface area contributed by atoms with Crippen LogP contribution in [-0.2, 0) is 20.8 Å². The Morgan fingerprint density at radius 2 is 1.81 bits per heavy atom. The summed E-state index contributed by atoms with van der Waals surface area (Å²) in [5, 5.41) is 4.48. The smallest absolute Gasteiger partial charge is 0.410 e. The summed E-state index contributed by atoms with van der Waals surface area (Å²) in [6.07, 6.45) is 5.87. The fraction of sp³-hybridized carbons (Fsp3) is 0.571. The zero-order valence-corrected chi connectivity index (χ0v) is 29.1. The van der Waals surface area contributed by atoms with Gasteiger partial charge in [-0.15, -0.1) is 0 Å². The lowest BCUT2D eigenvalue weighted by Gasteiger charge is -2.58. The van der Waals surface area contributed by atoms with Gasteiger partial charge in [-0.05, 0) is 77.6 Å². The topological polar surface area (TPSA) is 128 Å². The predicted octanol–water partition coefficient (Wildman–Crippen LogP) is 5.95. The molecular formula is C35H45ClN6O6. The van der Waals surface area contributed by atoms with E-state index in [1.165, 1.54) is 0 Å². The fourth-order valence-corrected chi connectivity index (χ4v) is 6.93. The highest BCUT2D eigenvalue weighted by Crippen LogP contribution is 2.50. The molecule has 2 aliphatic heterocycles. The first-order valence-electron chi connectivity index (χ1n) is 16.9. The average Bonchev–Trinajstić information content (AvgIpc) is 3.01. The van der Waals surface area contributed by atoms with Crippen LogP contribution in [0.4, 0.5) is 22.2 Å². The lowest BCUT2D eigenvalue weighted by Crippen LogP contribution is -2.66. The van der Waals surface area contributed by atoms with Crippen molar-refractivity contribution < 1.29 is 23.8 Å². The number of hydrogen-bond donors (Lipinski definition) is 1. The number of rotatable bonds is 10. The molecule has 3 fully saturated rings. The maximum atomic E-state index is 13.0. The summed E-state index contributed by atoms with van der Waals surface area (Å²) in [5.41, 5.74) is 0.934. The van der Waals surface area contributed by atoms with Gasteiger partial charge in [0.25, 0.3) is 5.56 Å². The number of aromatic nitrogens is 3. The van der Waals surface area contributed by atoms with Gasteiger partial charge < -0.3 is 33.9 Å². The molecule has 258 valence electrons. The summed E-state index contributed by atoms with van der Waals surface area (Å²) in [5.74, 6) is 1.14. The van der Waals surface area contributed by atoms with E-state index in [9.17, 15) is 14.4 Å². The average molecular weight is 681 g/mol. The van der Waals surface area contributed by atoms with Crippen LogP contribution < -0.4 is 20.5 Å². The molecule has 1 saturated carbocycles. The van der Waals surface area contributed by atoms with Crippen molar-refractivity contribution in [2.75, 3.05) is 43.0 Å². The number of carbonyl (C=O) groups is 2. The number of ketones is 1. The van der Waals surface area contributed by atoms with E-state index in [0.717, 1.165) is 68.5 Å². The van der Waals surface area contributed by atoms with Crippen molar-refractivity contribution in [3.63, 3.8) is 0 Å². The molecule has 2 saturated heterocycles. The highest BCUT2D eigenvalue weighted by Gasteiger charge is 2.55. The van der Waals surface area contributed by atoms with Crippen LogP contribution in [0.1, 0.15) is 66.7 Å². The zero-order valence-electron chi connectivity index (χ0n) is 28.4. The molecule has 3 aliphatic rings. The molecule has 1 aliphatic carbocycles. The second-order valence-corrected chi connectivity index (χ2v) is 14.6. The lowest BCUT2D eigenvalue weighted by atomic mass is 9.62. The number of halogens is 1. The molecule has 0 radical (unpaired) electrons. The Kier molecular flexibility index (Phi) is 9.59. The Balaban J connectivity index is 1.04. The molecule has 48 heavy (non-hydrogen) atoms. The molecule has 3 aromatic rings. The molecule has 1 N–H and O–H groups in total. The molecule has 1 spiro atoms. The van der Waals surface area contributed by atoms with Crippen molar-refractivity contribution >= 4 is 51.8 Å². The second kappa shape index (κ2) is 13.5. The number of ether oxygens (including phenoxy) is 3. The Bertz CT molecular complexity index is 1730. The number of likely N-dealkylation sites (tertiary alicyclic amines) is 1. The monoisotopic (exact) mass is 680 g/mol. The first-order valence-corrected chi connectivity index (χ1v) is 17.2. The fourth-order valence-electron chi connectivity index (χ4n) is 6.79. The summed E-state index contributed by atoms with van der Waals surface area (Å²) in [6, 6.07) is 7.32. The first-order chi connectivity index (χ1) is 22.8. The minimum absolute atomic E-state index is 0.0753. The Morgan fingerprint density at radius 1 is 1.08 bits per heavy atom. The molecule has 4 heterocycles. The minimum atomic E-state index is -0.478. The molecule has 1 aromatic carbocycles. The molecule has 2 aromatic heterocycles. The number of amides is 1. The number of pyridine rings is 1. The van der Waals surface area contributed by atoms with Crippen molar-refractivity contribution in [1.82, 2.24) is 19.4 Å². The van der Waals surface area contributed by atoms with Gasteiger partial charge in [0, 0.05) is 55.6 Å². The molecule has 1 amide bonds. The molecule has 0 bridgehead atoms. The minimum Gasteiger partial charge on any atom is -0.480 e. The van der Waals surface area contributed by atoms with E-state index in [2.05, 4.69) is 15.2 Å². The standard InChI is InChI=1S/C35H45ClN6O6/c1-6-24(43)19-46-29-15-22-14-23(8-9-28(22)42(7-2)31(29)44)38-30-27(36)18-37-32(39-30)40-12-10-25(11-13-40)47-26-16-35(17-26)20-41(21-35)33(45)48-34(3,4)5/h8-9,14-15,18,25-26H,6-7,10-13,16-17,19-21H2,1-5H3,(H,37,38,39). The second-order valence-electron chi connectivity index (χ2n) is 14.2. The Morgan fingerprint density at radius 3 is 2.48 bits per heavy atom. The summed E-state index contributed by atoms with van der Waals surface area (Å²) >= 11 is 6.53.